The van der Waals surface area contributed by atoms with Crippen molar-refractivity contribution in [2.45, 2.75) is 32.7 Å². The van der Waals surface area contributed by atoms with E-state index >= 15 is 0 Å². The Kier molecular flexibility index (Phi) is 5.30. The summed E-state index contributed by atoms with van der Waals surface area (Å²) in [7, 11) is 0. The van der Waals surface area contributed by atoms with Gasteiger partial charge in [-0.25, -0.2) is 4.79 Å². The minimum absolute atomic E-state index is 0.162. The van der Waals surface area contributed by atoms with Crippen LogP contribution in [0.3, 0.4) is 0 Å². The van der Waals surface area contributed by atoms with Crippen molar-refractivity contribution in [1.82, 2.24) is 0 Å². The van der Waals surface area contributed by atoms with E-state index in [-0.39, 0.29) is 34.7 Å². The Labute approximate surface area is 203 Å². The second kappa shape index (κ2) is 8.00. The number of aliphatic hydroxyl groups excluding tert-OH is 1. The average molecular weight is 475 g/mol. The lowest BCUT2D eigenvalue weighted by Crippen LogP contribution is -2.62. The summed E-state index contributed by atoms with van der Waals surface area (Å²) < 4.78 is 0. The second-order valence-corrected chi connectivity index (χ2v) is 10.0. The van der Waals surface area contributed by atoms with Crippen LogP contribution in [0.4, 0.5) is 0 Å². The molecule has 0 aliphatic heterocycles. The molecule has 3 aliphatic carbocycles. The number of aliphatic hydroxyl groups is 1. The van der Waals surface area contributed by atoms with Gasteiger partial charge in [0.15, 0.2) is 17.1 Å². The predicted octanol–water partition coefficient (Wildman–Crippen LogP) is 2.40. The van der Waals surface area contributed by atoms with E-state index in [9.17, 15) is 19.5 Å². The first-order valence-electron chi connectivity index (χ1n) is 11.9. The fourth-order valence-electron chi connectivity index (χ4n) is 6.68. The molecule has 35 heavy (non-hydrogen) atoms. The molecular weight excluding hydrogens is 444 g/mol. The number of fused-ring (bicyclic) bond motifs is 3. The monoisotopic (exact) mass is 474 g/mol. The van der Waals surface area contributed by atoms with Crippen LogP contribution in [0.1, 0.15) is 42.6 Å². The lowest BCUT2D eigenvalue weighted by molar-refractivity contribution is -0.299. The number of benzene rings is 2. The molecule has 0 saturated carbocycles. The van der Waals surface area contributed by atoms with Gasteiger partial charge in [0.2, 0.25) is 0 Å². The zero-order valence-electron chi connectivity index (χ0n) is 20.0. The molecule has 6 atom stereocenters. The van der Waals surface area contributed by atoms with Crippen LogP contribution < -0.4 is 11.5 Å². The molecule has 180 valence electrons. The Balaban J connectivity index is 1.72. The first-order valence-corrected chi connectivity index (χ1v) is 11.9. The molecule has 2 aromatic rings. The van der Waals surface area contributed by atoms with Gasteiger partial charge in [-0.15, -0.1) is 0 Å². The standard InChI is InChI=1S/C28H28N2O5/c1-11-15-9-10-16(14-7-5-4-6-8-14)25(32)21(15)26(33)19-12(2)20-18(23(29)17(11)19)13(3)24(31)22(27(20)34)28(30)35/h4-11,13,17-18,20,23,31-32H,29H2,1-3H3,(H2,30,35)/p+2. The van der Waals surface area contributed by atoms with Crippen molar-refractivity contribution >= 4 is 17.5 Å². The third-order valence-corrected chi connectivity index (χ3v) is 8.36. The third-order valence-electron chi connectivity index (χ3n) is 8.36. The molecular formula is C28H30N2O5+2. The van der Waals surface area contributed by atoms with Crippen molar-refractivity contribution in [2.24, 2.45) is 29.4 Å². The molecule has 0 radical (unpaired) electrons. The van der Waals surface area contributed by atoms with Crippen LogP contribution in [0.25, 0.3) is 11.1 Å². The van der Waals surface area contributed by atoms with E-state index in [2.05, 4.69) is 5.73 Å². The molecule has 6 unspecified atom stereocenters. The normalized spacial score (nSPS) is 30.1. The number of rotatable bonds is 2. The van der Waals surface area contributed by atoms with Gasteiger partial charge in [0.05, 0.1) is 5.56 Å². The number of Topliss-reactive ketones (excluding diaryl/α,β-unsaturated/α-hetero) is 2. The summed E-state index contributed by atoms with van der Waals surface area (Å²) in [5, 5.41) is 19.6. The first kappa shape index (κ1) is 23.2. The number of allylic oxidation sites excluding steroid dienone is 2. The van der Waals surface area contributed by atoms with Crippen molar-refractivity contribution in [3.05, 3.63) is 76.1 Å². The number of nitrogens with two attached hydrogens (primary N) is 1. The molecule has 5 rings (SSSR count). The van der Waals surface area contributed by atoms with Crippen molar-refractivity contribution in [3.8, 4) is 16.9 Å². The molecule has 7 nitrogen and oxygen atoms in total. The molecule has 0 bridgehead atoms. The minimum Gasteiger partial charge on any atom is -0.592 e. The Morgan fingerprint density at radius 1 is 1.06 bits per heavy atom. The minimum atomic E-state index is -0.785. The topological polar surface area (TPSA) is 148 Å². The lowest BCUT2D eigenvalue weighted by atomic mass is 9.54. The average Bonchev–Trinajstić information content (AvgIpc) is 2.82. The highest BCUT2D eigenvalue weighted by atomic mass is 16.3. The van der Waals surface area contributed by atoms with Gasteiger partial charge >= 0.3 is 5.91 Å². The molecule has 8 N–H and O–H groups in total. The van der Waals surface area contributed by atoms with Gasteiger partial charge in [0.25, 0.3) is 5.75 Å². The van der Waals surface area contributed by atoms with E-state index in [0.717, 1.165) is 11.1 Å². The van der Waals surface area contributed by atoms with Gasteiger partial charge in [-0.05, 0) is 36.0 Å². The summed E-state index contributed by atoms with van der Waals surface area (Å²) >= 11 is 0. The molecule has 2 aromatic carbocycles. The van der Waals surface area contributed by atoms with Crippen molar-refractivity contribution < 1.29 is 30.3 Å². The fourth-order valence-corrected chi connectivity index (χ4v) is 6.68. The summed E-state index contributed by atoms with van der Waals surface area (Å²) in [6.45, 7) is 5.52. The highest BCUT2D eigenvalue weighted by Crippen LogP contribution is 2.55. The largest absolute Gasteiger partial charge is 0.592 e. The highest BCUT2D eigenvalue weighted by Gasteiger charge is 2.56. The number of amides is 1. The Morgan fingerprint density at radius 3 is 2.34 bits per heavy atom. The predicted molar refractivity (Wildman–Crippen MR) is 131 cm³/mol. The van der Waals surface area contributed by atoms with E-state index < -0.39 is 35.5 Å². The van der Waals surface area contributed by atoms with E-state index in [1.165, 1.54) is 0 Å². The Morgan fingerprint density at radius 2 is 1.71 bits per heavy atom. The lowest BCUT2D eigenvalue weighted by Gasteiger charge is -2.50. The van der Waals surface area contributed by atoms with Crippen molar-refractivity contribution in [2.75, 3.05) is 0 Å². The van der Waals surface area contributed by atoms with Crippen LogP contribution in [-0.4, -0.2) is 33.7 Å². The Bertz CT molecular complexity index is 1360. The highest BCUT2D eigenvalue weighted by molar-refractivity contribution is 6.20. The maximum absolute atomic E-state index is 14.0. The van der Waals surface area contributed by atoms with E-state index in [1.54, 1.807) is 13.8 Å². The maximum atomic E-state index is 14.0. The van der Waals surface area contributed by atoms with Gasteiger partial charge < -0.3 is 15.9 Å². The molecule has 0 saturated heterocycles. The zero-order valence-corrected chi connectivity index (χ0v) is 20.0. The molecule has 0 spiro atoms. The number of quaternary nitrogens is 1. The maximum Gasteiger partial charge on any atom is 0.348 e. The van der Waals surface area contributed by atoms with Crippen LogP contribution in [0.2, 0.25) is 0 Å². The summed E-state index contributed by atoms with van der Waals surface area (Å²) in [6.07, 6.45) is 0. The van der Waals surface area contributed by atoms with Crippen molar-refractivity contribution in [1.29, 1.82) is 0 Å². The molecule has 0 heterocycles. The molecule has 3 aliphatic rings. The third kappa shape index (κ3) is 3.08. The van der Waals surface area contributed by atoms with Crippen LogP contribution in [0.5, 0.6) is 5.75 Å². The number of hydrogen-bond donors (Lipinski definition) is 3. The number of ketones is 2. The van der Waals surface area contributed by atoms with E-state index in [4.69, 9.17) is 10.8 Å². The van der Waals surface area contributed by atoms with Gasteiger partial charge in [-0.1, -0.05) is 55.8 Å². The number of carbonyl (C=O) groups is 3. The van der Waals surface area contributed by atoms with Gasteiger partial charge in [0.1, 0.15) is 11.3 Å². The smallest absolute Gasteiger partial charge is 0.348 e. The van der Waals surface area contributed by atoms with Crippen molar-refractivity contribution in [3.63, 3.8) is 0 Å². The van der Waals surface area contributed by atoms with Crippen LogP contribution in [0.15, 0.2) is 64.9 Å². The summed E-state index contributed by atoms with van der Waals surface area (Å²) in [5.41, 5.74) is 13.5. The van der Waals surface area contributed by atoms with Gasteiger partial charge in [-0.2, -0.15) is 0 Å². The Hall–Kier alpha value is -3.55. The van der Waals surface area contributed by atoms with Gasteiger partial charge in [0, 0.05) is 29.4 Å². The molecule has 1 amide bonds. The van der Waals surface area contributed by atoms with Crippen LogP contribution in [-0.2, 0) is 9.59 Å². The fraction of sp³-hybridized carbons (Fsp3) is 0.321. The SMILES string of the molecule is CC1=C2C(=O)c3c(ccc(-c4ccccc4)c3[OH2+])C(C)C2C(N)C2C(C)C(O)=C(C([NH3+])=O)C(=O)C12. The van der Waals surface area contributed by atoms with E-state index in [0.29, 0.717) is 22.3 Å². The number of hydrogen-bond acceptors (Lipinski definition) is 5. The van der Waals surface area contributed by atoms with E-state index in [1.807, 2.05) is 49.4 Å². The summed E-state index contributed by atoms with van der Waals surface area (Å²) in [5.74, 6) is -3.93. The molecule has 0 fully saturated rings. The molecule has 0 aromatic heterocycles. The van der Waals surface area contributed by atoms with Crippen LogP contribution >= 0.6 is 0 Å². The first-order chi connectivity index (χ1) is 16.6. The van der Waals surface area contributed by atoms with Gasteiger partial charge in [-0.3, -0.25) is 15.3 Å². The summed E-state index contributed by atoms with van der Waals surface area (Å²) in [4.78, 5) is 39.5. The second-order valence-electron chi connectivity index (χ2n) is 10.0. The molecule has 7 heteroatoms. The zero-order chi connectivity index (χ0) is 25.3. The van der Waals surface area contributed by atoms with Crippen LogP contribution in [0, 0.1) is 23.7 Å². The number of carbonyl (C=O) groups excluding carboxylic acids is 3. The quantitative estimate of drug-likeness (QED) is 0.451. The summed E-state index contributed by atoms with van der Waals surface area (Å²) in [6, 6.07) is 12.7.